The van der Waals surface area contributed by atoms with Crippen LogP contribution in [0.5, 0.6) is 0 Å². The number of carbonyl (C=O) groups excluding carboxylic acids is 1. The van der Waals surface area contributed by atoms with Crippen LogP contribution in [0.1, 0.15) is 26.3 Å². The lowest BCUT2D eigenvalue weighted by atomic mass is 10.2. The van der Waals surface area contributed by atoms with E-state index in [0.29, 0.717) is 18.0 Å². The van der Waals surface area contributed by atoms with Crippen molar-refractivity contribution in [2.24, 2.45) is 5.92 Å². The predicted octanol–water partition coefficient (Wildman–Crippen LogP) is 2.89. The van der Waals surface area contributed by atoms with Gasteiger partial charge in [-0.3, -0.25) is 4.79 Å². The predicted molar refractivity (Wildman–Crippen MR) is 79.8 cm³/mol. The molecule has 0 fully saturated rings. The van der Waals surface area contributed by atoms with Gasteiger partial charge in [-0.05, 0) is 47.0 Å². The largest absolute Gasteiger partial charge is 0.374 e. The molecule has 0 heterocycles. The van der Waals surface area contributed by atoms with Crippen molar-refractivity contribution in [2.75, 3.05) is 11.9 Å². The zero-order valence-corrected chi connectivity index (χ0v) is 12.9. The maximum atomic E-state index is 11.8. The first-order valence-corrected chi connectivity index (χ1v) is 6.97. The van der Waals surface area contributed by atoms with E-state index < -0.39 is 0 Å². The SMILES string of the molecule is CC(C)CNC(=O)C(C)Nc1ccc(C#N)c(Br)c1. The molecule has 2 N–H and O–H groups in total. The Morgan fingerprint density at radius 3 is 2.63 bits per heavy atom. The summed E-state index contributed by atoms with van der Waals surface area (Å²) in [5, 5.41) is 14.8. The minimum atomic E-state index is -0.321. The quantitative estimate of drug-likeness (QED) is 0.875. The molecule has 0 aromatic heterocycles. The molecule has 0 spiro atoms. The molecule has 5 heteroatoms. The van der Waals surface area contributed by atoms with Gasteiger partial charge in [0.2, 0.25) is 5.91 Å². The number of halogens is 1. The van der Waals surface area contributed by atoms with Crippen molar-refractivity contribution in [1.82, 2.24) is 5.32 Å². The first kappa shape index (κ1) is 15.5. The molecule has 0 radical (unpaired) electrons. The molecule has 1 atom stereocenters. The molecule has 0 aliphatic heterocycles. The van der Waals surface area contributed by atoms with Gasteiger partial charge in [-0.1, -0.05) is 13.8 Å². The van der Waals surface area contributed by atoms with Crippen LogP contribution in [0.3, 0.4) is 0 Å². The van der Waals surface area contributed by atoms with Crippen LogP contribution >= 0.6 is 15.9 Å². The van der Waals surface area contributed by atoms with Crippen molar-refractivity contribution in [3.05, 3.63) is 28.2 Å². The molecule has 19 heavy (non-hydrogen) atoms. The summed E-state index contributed by atoms with van der Waals surface area (Å²) in [7, 11) is 0. The summed E-state index contributed by atoms with van der Waals surface area (Å²) in [6.07, 6.45) is 0. The van der Waals surface area contributed by atoms with E-state index in [9.17, 15) is 4.79 Å². The third-order valence-electron chi connectivity index (χ3n) is 2.55. The van der Waals surface area contributed by atoms with Crippen molar-refractivity contribution in [1.29, 1.82) is 5.26 Å². The van der Waals surface area contributed by atoms with Gasteiger partial charge in [-0.2, -0.15) is 5.26 Å². The molecule has 0 aliphatic rings. The van der Waals surface area contributed by atoms with Crippen LogP contribution in [0.15, 0.2) is 22.7 Å². The Labute approximate surface area is 122 Å². The molecule has 0 saturated carbocycles. The number of benzene rings is 1. The summed E-state index contributed by atoms with van der Waals surface area (Å²) < 4.78 is 0.717. The van der Waals surface area contributed by atoms with E-state index in [1.54, 1.807) is 18.2 Å². The average Bonchev–Trinajstić information content (AvgIpc) is 2.36. The van der Waals surface area contributed by atoms with Crippen LogP contribution in [-0.4, -0.2) is 18.5 Å². The second kappa shape index (κ2) is 7.15. The monoisotopic (exact) mass is 323 g/mol. The zero-order valence-electron chi connectivity index (χ0n) is 11.3. The van der Waals surface area contributed by atoms with Gasteiger partial charge < -0.3 is 10.6 Å². The van der Waals surface area contributed by atoms with E-state index in [1.165, 1.54) is 0 Å². The van der Waals surface area contributed by atoms with Crippen LogP contribution in [-0.2, 0) is 4.79 Å². The number of rotatable bonds is 5. The Morgan fingerprint density at radius 1 is 1.42 bits per heavy atom. The molecule has 4 nitrogen and oxygen atoms in total. The highest BCUT2D eigenvalue weighted by Crippen LogP contribution is 2.21. The Hall–Kier alpha value is -1.54. The van der Waals surface area contributed by atoms with Gasteiger partial charge >= 0.3 is 0 Å². The van der Waals surface area contributed by atoms with Crippen LogP contribution in [0.25, 0.3) is 0 Å². The number of nitrogens with zero attached hydrogens (tertiary/aromatic N) is 1. The molecule has 0 aliphatic carbocycles. The number of anilines is 1. The molecule has 102 valence electrons. The fourth-order valence-corrected chi connectivity index (χ4v) is 1.94. The first-order chi connectivity index (χ1) is 8.93. The highest BCUT2D eigenvalue weighted by molar-refractivity contribution is 9.10. The fraction of sp³-hybridized carbons (Fsp3) is 0.429. The van der Waals surface area contributed by atoms with Gasteiger partial charge in [0.15, 0.2) is 0 Å². The molecule has 1 aromatic carbocycles. The summed E-state index contributed by atoms with van der Waals surface area (Å²) in [5.74, 6) is 0.398. The van der Waals surface area contributed by atoms with Crippen molar-refractivity contribution in [3.8, 4) is 6.07 Å². The van der Waals surface area contributed by atoms with E-state index in [4.69, 9.17) is 5.26 Å². The Balaban J connectivity index is 2.62. The molecule has 1 rings (SSSR count). The number of amides is 1. The maximum Gasteiger partial charge on any atom is 0.242 e. The number of hydrogen-bond acceptors (Lipinski definition) is 3. The smallest absolute Gasteiger partial charge is 0.242 e. The molecule has 1 aromatic rings. The first-order valence-electron chi connectivity index (χ1n) is 6.18. The molecular formula is C14H18BrN3O. The zero-order chi connectivity index (χ0) is 14.4. The molecular weight excluding hydrogens is 306 g/mol. The second-order valence-electron chi connectivity index (χ2n) is 4.81. The van der Waals surface area contributed by atoms with E-state index in [-0.39, 0.29) is 11.9 Å². The summed E-state index contributed by atoms with van der Waals surface area (Å²) in [6, 6.07) is 7.05. The van der Waals surface area contributed by atoms with Crippen molar-refractivity contribution in [3.63, 3.8) is 0 Å². The summed E-state index contributed by atoms with van der Waals surface area (Å²) >= 11 is 3.32. The number of hydrogen-bond donors (Lipinski definition) is 2. The van der Waals surface area contributed by atoms with E-state index in [1.807, 2.05) is 6.92 Å². The third kappa shape index (κ3) is 4.92. The molecule has 0 bridgehead atoms. The average molecular weight is 324 g/mol. The van der Waals surface area contributed by atoms with Crippen LogP contribution in [0.2, 0.25) is 0 Å². The van der Waals surface area contributed by atoms with Crippen LogP contribution in [0, 0.1) is 17.2 Å². The molecule has 0 saturated heterocycles. The highest BCUT2D eigenvalue weighted by atomic mass is 79.9. The lowest BCUT2D eigenvalue weighted by Gasteiger charge is -2.16. The minimum Gasteiger partial charge on any atom is -0.374 e. The van der Waals surface area contributed by atoms with E-state index >= 15 is 0 Å². The fourth-order valence-electron chi connectivity index (χ4n) is 1.47. The van der Waals surface area contributed by atoms with Gasteiger partial charge in [0.05, 0.1) is 5.56 Å². The Kier molecular flexibility index (Phi) is 5.84. The van der Waals surface area contributed by atoms with Crippen molar-refractivity contribution >= 4 is 27.5 Å². The van der Waals surface area contributed by atoms with Crippen molar-refractivity contribution < 1.29 is 4.79 Å². The highest BCUT2D eigenvalue weighted by Gasteiger charge is 2.13. The van der Waals surface area contributed by atoms with Gasteiger partial charge in [-0.15, -0.1) is 0 Å². The summed E-state index contributed by atoms with van der Waals surface area (Å²) in [6.45, 7) is 6.58. The molecule has 1 unspecified atom stereocenters. The second-order valence-corrected chi connectivity index (χ2v) is 5.67. The van der Waals surface area contributed by atoms with Gasteiger partial charge in [0.25, 0.3) is 0 Å². The lowest BCUT2D eigenvalue weighted by molar-refractivity contribution is -0.121. The van der Waals surface area contributed by atoms with Gasteiger partial charge in [0.1, 0.15) is 12.1 Å². The summed E-state index contributed by atoms with van der Waals surface area (Å²) in [5.41, 5.74) is 1.38. The number of carbonyl (C=O) groups is 1. The minimum absolute atomic E-state index is 0.0332. The third-order valence-corrected chi connectivity index (χ3v) is 3.21. The Morgan fingerprint density at radius 2 is 2.11 bits per heavy atom. The standard InChI is InChI=1S/C14H18BrN3O/c1-9(2)8-17-14(19)10(3)18-12-5-4-11(7-16)13(15)6-12/h4-6,9-10,18H,8H2,1-3H3,(H,17,19). The normalized spacial score (nSPS) is 11.8. The van der Waals surface area contributed by atoms with Crippen molar-refractivity contribution in [2.45, 2.75) is 26.8 Å². The maximum absolute atomic E-state index is 11.8. The van der Waals surface area contributed by atoms with Gasteiger partial charge in [0, 0.05) is 16.7 Å². The van der Waals surface area contributed by atoms with Crippen LogP contribution in [0.4, 0.5) is 5.69 Å². The number of nitrogens with one attached hydrogen (secondary N) is 2. The molecule has 1 amide bonds. The van der Waals surface area contributed by atoms with Crippen LogP contribution < -0.4 is 10.6 Å². The summed E-state index contributed by atoms with van der Waals surface area (Å²) in [4.78, 5) is 11.8. The van der Waals surface area contributed by atoms with E-state index in [2.05, 4.69) is 46.5 Å². The Bertz CT molecular complexity index is 494. The number of nitriles is 1. The van der Waals surface area contributed by atoms with E-state index in [0.717, 1.165) is 10.2 Å². The van der Waals surface area contributed by atoms with Gasteiger partial charge in [-0.25, -0.2) is 0 Å². The topological polar surface area (TPSA) is 64.9 Å². The lowest BCUT2D eigenvalue weighted by Crippen LogP contribution is -2.39.